The van der Waals surface area contributed by atoms with Gasteiger partial charge in [-0.1, -0.05) is 12.1 Å². The van der Waals surface area contributed by atoms with Crippen LogP contribution in [0.5, 0.6) is 0 Å². The second kappa shape index (κ2) is 5.61. The average Bonchev–Trinajstić information content (AvgIpc) is 3.13. The summed E-state index contributed by atoms with van der Waals surface area (Å²) in [5, 5.41) is 3.07. The van der Waals surface area contributed by atoms with Crippen molar-refractivity contribution in [3.05, 3.63) is 24.3 Å². The van der Waals surface area contributed by atoms with E-state index in [0.717, 1.165) is 30.9 Å². The van der Waals surface area contributed by atoms with E-state index in [1.807, 2.05) is 18.2 Å². The smallest absolute Gasteiger partial charge is 0.229 e. The van der Waals surface area contributed by atoms with Crippen molar-refractivity contribution in [3.63, 3.8) is 0 Å². The highest BCUT2D eigenvalue weighted by molar-refractivity contribution is 5.96. The van der Waals surface area contributed by atoms with Crippen molar-refractivity contribution in [3.8, 4) is 0 Å². The average molecular weight is 260 g/mol. The molecule has 1 N–H and O–H groups in total. The van der Waals surface area contributed by atoms with Crippen LogP contribution in [0.15, 0.2) is 24.3 Å². The lowest BCUT2D eigenvalue weighted by Crippen LogP contribution is -2.25. The van der Waals surface area contributed by atoms with E-state index in [1.54, 1.807) is 0 Å². The zero-order chi connectivity index (χ0) is 13.1. The third kappa shape index (κ3) is 2.73. The van der Waals surface area contributed by atoms with E-state index >= 15 is 0 Å². The molecule has 0 aliphatic carbocycles. The van der Waals surface area contributed by atoms with Crippen molar-refractivity contribution >= 4 is 17.3 Å². The Labute approximate surface area is 113 Å². The van der Waals surface area contributed by atoms with E-state index in [2.05, 4.69) is 16.3 Å². The fraction of sp³-hybridized carbons (Fsp3) is 0.533. The quantitative estimate of drug-likeness (QED) is 0.906. The molecule has 0 aromatic heterocycles. The Bertz CT molecular complexity index is 449. The van der Waals surface area contributed by atoms with Gasteiger partial charge in [-0.05, 0) is 31.4 Å². The van der Waals surface area contributed by atoms with Crippen LogP contribution in [0.25, 0.3) is 0 Å². The molecule has 19 heavy (non-hydrogen) atoms. The number of benzene rings is 1. The minimum atomic E-state index is 0.00614. The van der Waals surface area contributed by atoms with Crippen LogP contribution >= 0.6 is 0 Å². The van der Waals surface area contributed by atoms with Gasteiger partial charge in [0.05, 0.1) is 23.9 Å². The van der Waals surface area contributed by atoms with Crippen LogP contribution in [-0.4, -0.2) is 32.2 Å². The number of hydrogen-bond donors (Lipinski definition) is 1. The van der Waals surface area contributed by atoms with Gasteiger partial charge < -0.3 is 15.0 Å². The van der Waals surface area contributed by atoms with Crippen LogP contribution in [0, 0.1) is 5.92 Å². The van der Waals surface area contributed by atoms with Gasteiger partial charge in [-0.3, -0.25) is 4.79 Å². The summed E-state index contributed by atoms with van der Waals surface area (Å²) in [6, 6.07) is 8.08. The number of amides is 1. The fourth-order valence-corrected chi connectivity index (χ4v) is 2.79. The Kier molecular flexibility index (Phi) is 3.69. The molecule has 0 unspecified atom stereocenters. The largest absolute Gasteiger partial charge is 0.381 e. The van der Waals surface area contributed by atoms with Crippen LogP contribution in [0.2, 0.25) is 0 Å². The van der Waals surface area contributed by atoms with Crippen LogP contribution in [0.1, 0.15) is 19.3 Å². The van der Waals surface area contributed by atoms with E-state index in [4.69, 9.17) is 4.74 Å². The molecule has 0 bridgehead atoms. The van der Waals surface area contributed by atoms with E-state index in [-0.39, 0.29) is 11.8 Å². The van der Waals surface area contributed by atoms with Gasteiger partial charge in [0.15, 0.2) is 0 Å². The molecule has 4 nitrogen and oxygen atoms in total. The third-order valence-electron chi connectivity index (χ3n) is 3.91. The maximum Gasteiger partial charge on any atom is 0.229 e. The maximum atomic E-state index is 12.2. The monoisotopic (exact) mass is 260 g/mol. The number of ether oxygens (including phenoxy) is 1. The SMILES string of the molecule is O=C(Nc1ccccc1N1CCCC1)[C@H]1CCOC1. The van der Waals surface area contributed by atoms with Crippen molar-refractivity contribution in [2.24, 2.45) is 5.92 Å². The molecule has 1 aromatic rings. The van der Waals surface area contributed by atoms with Gasteiger partial charge in [-0.15, -0.1) is 0 Å². The predicted octanol–water partition coefficient (Wildman–Crippen LogP) is 2.26. The molecule has 1 amide bonds. The van der Waals surface area contributed by atoms with Crippen LogP contribution in [0.3, 0.4) is 0 Å². The molecule has 1 atom stereocenters. The Morgan fingerprint density at radius 3 is 2.79 bits per heavy atom. The highest BCUT2D eigenvalue weighted by Crippen LogP contribution is 2.29. The zero-order valence-corrected chi connectivity index (χ0v) is 11.1. The molecule has 2 aliphatic rings. The normalized spacial score (nSPS) is 22.7. The van der Waals surface area contributed by atoms with Crippen molar-refractivity contribution in [2.45, 2.75) is 19.3 Å². The molecule has 2 saturated heterocycles. The van der Waals surface area contributed by atoms with Crippen molar-refractivity contribution in [1.29, 1.82) is 0 Å². The van der Waals surface area contributed by atoms with Gasteiger partial charge in [0.1, 0.15) is 0 Å². The number of para-hydroxylation sites is 2. The van der Waals surface area contributed by atoms with Crippen LogP contribution < -0.4 is 10.2 Å². The summed E-state index contributed by atoms with van der Waals surface area (Å²) in [6.45, 7) is 3.42. The number of carbonyl (C=O) groups is 1. The second-order valence-corrected chi connectivity index (χ2v) is 5.26. The molecule has 102 valence electrons. The van der Waals surface area contributed by atoms with E-state index in [0.29, 0.717) is 13.2 Å². The molecule has 0 saturated carbocycles. The molecule has 2 aliphatic heterocycles. The molecule has 3 rings (SSSR count). The first-order valence-electron chi connectivity index (χ1n) is 7.07. The van der Waals surface area contributed by atoms with Crippen molar-refractivity contribution in [1.82, 2.24) is 0 Å². The first-order chi connectivity index (χ1) is 9.34. The standard InChI is InChI=1S/C15H20N2O2/c18-15(12-7-10-19-11-12)16-13-5-1-2-6-14(13)17-8-3-4-9-17/h1-2,5-6,12H,3-4,7-11H2,(H,16,18)/t12-/m0/s1. The lowest BCUT2D eigenvalue weighted by molar-refractivity contribution is -0.119. The fourth-order valence-electron chi connectivity index (χ4n) is 2.79. The van der Waals surface area contributed by atoms with Gasteiger partial charge in [0, 0.05) is 19.7 Å². The zero-order valence-electron chi connectivity index (χ0n) is 11.1. The summed E-state index contributed by atoms with van der Waals surface area (Å²) < 4.78 is 5.27. The Hall–Kier alpha value is -1.55. The van der Waals surface area contributed by atoms with E-state index < -0.39 is 0 Å². The first-order valence-corrected chi connectivity index (χ1v) is 7.07. The Morgan fingerprint density at radius 2 is 2.05 bits per heavy atom. The van der Waals surface area contributed by atoms with E-state index in [1.165, 1.54) is 12.8 Å². The van der Waals surface area contributed by atoms with Crippen LogP contribution in [-0.2, 0) is 9.53 Å². The van der Waals surface area contributed by atoms with Crippen LogP contribution in [0.4, 0.5) is 11.4 Å². The van der Waals surface area contributed by atoms with Crippen molar-refractivity contribution < 1.29 is 9.53 Å². The maximum absolute atomic E-state index is 12.2. The number of rotatable bonds is 3. The lowest BCUT2D eigenvalue weighted by atomic mass is 10.1. The number of nitrogens with zero attached hydrogens (tertiary/aromatic N) is 1. The minimum Gasteiger partial charge on any atom is -0.381 e. The van der Waals surface area contributed by atoms with Gasteiger partial charge in [-0.2, -0.15) is 0 Å². The Balaban J connectivity index is 1.74. The number of nitrogens with one attached hydrogen (secondary N) is 1. The molecule has 4 heteroatoms. The summed E-state index contributed by atoms with van der Waals surface area (Å²) in [5.41, 5.74) is 2.08. The highest BCUT2D eigenvalue weighted by atomic mass is 16.5. The van der Waals surface area contributed by atoms with Gasteiger partial charge in [0.2, 0.25) is 5.91 Å². The first kappa shape index (κ1) is 12.5. The molecular formula is C15H20N2O2. The summed E-state index contributed by atoms with van der Waals surface area (Å²) in [4.78, 5) is 14.5. The summed E-state index contributed by atoms with van der Waals surface area (Å²) in [5.74, 6) is 0.0933. The number of carbonyl (C=O) groups excluding carboxylic acids is 1. The highest BCUT2D eigenvalue weighted by Gasteiger charge is 2.24. The summed E-state index contributed by atoms with van der Waals surface area (Å²) >= 11 is 0. The second-order valence-electron chi connectivity index (χ2n) is 5.26. The van der Waals surface area contributed by atoms with E-state index in [9.17, 15) is 4.79 Å². The third-order valence-corrected chi connectivity index (χ3v) is 3.91. The number of anilines is 2. The summed E-state index contributed by atoms with van der Waals surface area (Å²) in [7, 11) is 0. The van der Waals surface area contributed by atoms with Gasteiger partial charge in [-0.25, -0.2) is 0 Å². The molecule has 2 fully saturated rings. The summed E-state index contributed by atoms with van der Waals surface area (Å²) in [6.07, 6.45) is 3.30. The molecule has 0 radical (unpaired) electrons. The topological polar surface area (TPSA) is 41.6 Å². The molecule has 0 spiro atoms. The minimum absolute atomic E-state index is 0.00614. The predicted molar refractivity (Wildman–Crippen MR) is 75.4 cm³/mol. The lowest BCUT2D eigenvalue weighted by Gasteiger charge is -2.22. The molecule has 1 aromatic carbocycles. The van der Waals surface area contributed by atoms with Crippen molar-refractivity contribution in [2.75, 3.05) is 36.5 Å². The van der Waals surface area contributed by atoms with Gasteiger partial charge in [0.25, 0.3) is 0 Å². The van der Waals surface area contributed by atoms with Gasteiger partial charge >= 0.3 is 0 Å². The molecule has 2 heterocycles. The number of hydrogen-bond acceptors (Lipinski definition) is 3. The molecular weight excluding hydrogens is 240 g/mol. The Morgan fingerprint density at radius 1 is 1.26 bits per heavy atom.